The number of aryl methyl sites for hydroxylation is 1. The molecule has 0 spiro atoms. The number of aromatic nitrogens is 3. The number of amides is 3. The lowest BCUT2D eigenvalue weighted by atomic mass is 9.95. The van der Waals surface area contributed by atoms with Gasteiger partial charge in [0.05, 0.1) is 77.4 Å². The van der Waals surface area contributed by atoms with Gasteiger partial charge in [0.1, 0.15) is 11.5 Å². The summed E-state index contributed by atoms with van der Waals surface area (Å²) in [5, 5.41) is 15.1. The molecule has 4 rings (SSSR count). The van der Waals surface area contributed by atoms with Gasteiger partial charge in [0.15, 0.2) is 0 Å². The van der Waals surface area contributed by atoms with E-state index in [4.69, 9.17) is 39.8 Å². The fourth-order valence-electron chi connectivity index (χ4n) is 6.98. The Bertz CT molecular complexity index is 1970. The van der Waals surface area contributed by atoms with Crippen molar-refractivity contribution in [1.29, 1.82) is 0 Å². The molecule has 0 saturated heterocycles. The van der Waals surface area contributed by atoms with Gasteiger partial charge in [-0.2, -0.15) is 0 Å². The van der Waals surface area contributed by atoms with Crippen LogP contribution in [0.25, 0.3) is 22.5 Å². The number of nitrogens with zero attached hydrogens (tertiary/aromatic N) is 4. The molecule has 1 atom stereocenters. The maximum Gasteiger partial charge on any atom is 0.324 e. The number of benzene rings is 2. The standard InChI is InChI=1S/C46H69N6O11PS/c1-36(2)41(53)22-27-59-29-31-61-33-34-62-32-30-60-28-24-48-43(55)20-21-44(56)51-35-37-15-8-9-16-38(37)45-46(39-17-10-11-18-40(39)51)52(50-49-45)25-13-6-7-19-42(54)47-23-12-4-5-14-26-63-64(57,65)58-3/h8-11,15-18,36H,4-7,12-14,19-35H2,1-3H3,(H,47,54)(H,48,55)(H,57,65). The topological polar surface area (TPSA) is 202 Å². The minimum atomic E-state index is -3.10. The third kappa shape index (κ3) is 19.8. The first-order chi connectivity index (χ1) is 31.5. The van der Waals surface area contributed by atoms with Crippen molar-refractivity contribution in [3.8, 4) is 22.5 Å². The summed E-state index contributed by atoms with van der Waals surface area (Å²) >= 11 is 4.82. The summed E-state index contributed by atoms with van der Waals surface area (Å²) in [6.45, 7) is 6.01. The average molecular weight is 945 g/mol. The molecule has 0 saturated carbocycles. The lowest BCUT2D eigenvalue weighted by Crippen LogP contribution is -2.34. The minimum absolute atomic E-state index is 0.0223. The SMILES string of the molecule is COP(O)(=S)OCCCCCCNC(=O)CCCCCn1nnc2c1-c1ccccc1N(C(=O)CCC(=O)NCCOCCOCCOCCOCCC(=O)C(C)C)Cc1ccccc1-2. The Morgan fingerprint density at radius 1 is 0.708 bits per heavy atom. The second-order valence-corrected chi connectivity index (χ2v) is 18.8. The summed E-state index contributed by atoms with van der Waals surface area (Å²) in [6.07, 6.45) is 6.73. The van der Waals surface area contributed by atoms with Crippen LogP contribution in [0.5, 0.6) is 0 Å². The number of carbonyl (C=O) groups excluding carboxylic acids is 4. The van der Waals surface area contributed by atoms with Crippen molar-refractivity contribution >= 4 is 47.7 Å². The molecular formula is C46H69N6O11PS. The highest BCUT2D eigenvalue weighted by Gasteiger charge is 2.29. The number of anilines is 1. The van der Waals surface area contributed by atoms with E-state index in [1.165, 1.54) is 7.11 Å². The number of para-hydroxylation sites is 1. The molecular weight excluding hydrogens is 876 g/mol. The maximum atomic E-state index is 14.0. The number of ketones is 1. The summed E-state index contributed by atoms with van der Waals surface area (Å²) in [4.78, 5) is 62.3. The van der Waals surface area contributed by atoms with Gasteiger partial charge in [0.25, 0.3) is 0 Å². The molecule has 360 valence electrons. The molecule has 2 aromatic carbocycles. The van der Waals surface area contributed by atoms with Crippen LogP contribution in [0.2, 0.25) is 0 Å². The molecule has 0 bridgehead atoms. The van der Waals surface area contributed by atoms with E-state index in [-0.39, 0.29) is 42.3 Å². The number of rotatable bonds is 34. The normalized spacial score (nSPS) is 13.0. The van der Waals surface area contributed by atoms with Crippen molar-refractivity contribution in [3.63, 3.8) is 0 Å². The molecule has 17 nitrogen and oxygen atoms in total. The number of unbranched alkanes of at least 4 members (excludes halogenated alkanes) is 5. The molecule has 0 fully saturated rings. The van der Waals surface area contributed by atoms with Crippen LogP contribution >= 0.6 is 6.72 Å². The minimum Gasteiger partial charge on any atom is -0.379 e. The Balaban J connectivity index is 1.16. The Kier molecular flexibility index (Phi) is 25.0. The molecule has 1 unspecified atom stereocenters. The highest BCUT2D eigenvalue weighted by atomic mass is 32.5. The highest BCUT2D eigenvalue weighted by molar-refractivity contribution is 8.07. The number of hydrogen-bond acceptors (Lipinski definition) is 13. The predicted octanol–water partition coefficient (Wildman–Crippen LogP) is 6.15. The monoisotopic (exact) mass is 944 g/mol. The second kappa shape index (κ2) is 30.3. The van der Waals surface area contributed by atoms with E-state index >= 15 is 0 Å². The van der Waals surface area contributed by atoms with Crippen LogP contribution in [0.3, 0.4) is 0 Å². The zero-order chi connectivity index (χ0) is 46.7. The Morgan fingerprint density at radius 3 is 2.05 bits per heavy atom. The van der Waals surface area contributed by atoms with Crippen LogP contribution in [0.1, 0.15) is 90.0 Å². The molecule has 0 radical (unpaired) electrons. The fraction of sp³-hybridized carbons (Fsp3) is 0.609. The summed E-state index contributed by atoms with van der Waals surface area (Å²) in [6, 6.07) is 15.6. The summed E-state index contributed by atoms with van der Waals surface area (Å²) < 4.78 is 33.8. The van der Waals surface area contributed by atoms with Gasteiger partial charge in [0, 0.05) is 69.5 Å². The second-order valence-electron chi connectivity index (χ2n) is 15.9. The van der Waals surface area contributed by atoms with E-state index < -0.39 is 6.72 Å². The van der Waals surface area contributed by atoms with Gasteiger partial charge < -0.3 is 48.4 Å². The molecule has 3 N–H and O–H groups in total. The van der Waals surface area contributed by atoms with E-state index in [2.05, 4.69) is 20.9 Å². The maximum absolute atomic E-state index is 14.0. The largest absolute Gasteiger partial charge is 0.379 e. The number of ether oxygens (including phenoxy) is 4. The highest BCUT2D eigenvalue weighted by Crippen LogP contribution is 2.43. The van der Waals surface area contributed by atoms with Gasteiger partial charge in [-0.05, 0) is 49.1 Å². The van der Waals surface area contributed by atoms with Crippen molar-refractivity contribution in [2.75, 3.05) is 84.6 Å². The van der Waals surface area contributed by atoms with Crippen molar-refractivity contribution in [2.45, 2.75) is 97.6 Å². The molecule has 1 aliphatic heterocycles. The van der Waals surface area contributed by atoms with Crippen LogP contribution < -0.4 is 15.5 Å². The predicted molar refractivity (Wildman–Crippen MR) is 251 cm³/mol. The zero-order valence-electron chi connectivity index (χ0n) is 38.3. The van der Waals surface area contributed by atoms with Crippen LogP contribution in [-0.2, 0) is 72.1 Å². The number of carbonyl (C=O) groups is 4. The van der Waals surface area contributed by atoms with E-state index in [0.29, 0.717) is 98.5 Å². The summed E-state index contributed by atoms with van der Waals surface area (Å²) in [7, 11) is 1.34. The fourth-order valence-corrected chi connectivity index (χ4v) is 7.67. The molecule has 3 amide bonds. The number of fused-ring (bicyclic) bond motifs is 5. The van der Waals surface area contributed by atoms with Gasteiger partial charge in [-0.1, -0.05) is 80.8 Å². The van der Waals surface area contributed by atoms with Crippen LogP contribution in [-0.4, -0.2) is 123 Å². The number of hydrogen-bond donors (Lipinski definition) is 3. The first-order valence-corrected chi connectivity index (χ1v) is 25.4. The number of Topliss-reactive ketones (excluding diaryl/α,β-unsaturated/α-hetero) is 1. The number of nitrogens with one attached hydrogen (secondary N) is 2. The van der Waals surface area contributed by atoms with Crippen molar-refractivity contribution in [2.24, 2.45) is 5.92 Å². The third-order valence-corrected chi connectivity index (χ3v) is 12.4. The van der Waals surface area contributed by atoms with Crippen molar-refractivity contribution in [1.82, 2.24) is 25.6 Å². The third-order valence-electron chi connectivity index (χ3n) is 10.6. The van der Waals surface area contributed by atoms with Gasteiger partial charge in [0.2, 0.25) is 17.7 Å². The Hall–Kier alpha value is -3.97. The lowest BCUT2D eigenvalue weighted by Gasteiger charge is -2.28. The van der Waals surface area contributed by atoms with Gasteiger partial charge in [-0.15, -0.1) is 5.10 Å². The quantitative estimate of drug-likeness (QED) is 0.0454. The smallest absolute Gasteiger partial charge is 0.324 e. The Labute approximate surface area is 388 Å². The van der Waals surface area contributed by atoms with Crippen molar-refractivity contribution in [3.05, 3.63) is 54.1 Å². The van der Waals surface area contributed by atoms with Gasteiger partial charge in [-0.25, -0.2) is 4.68 Å². The van der Waals surface area contributed by atoms with E-state index in [1.807, 2.05) is 67.1 Å². The van der Waals surface area contributed by atoms with Crippen LogP contribution in [0, 0.1) is 5.92 Å². The van der Waals surface area contributed by atoms with Gasteiger partial charge in [-0.3, -0.25) is 19.2 Å². The van der Waals surface area contributed by atoms with Gasteiger partial charge >= 0.3 is 6.72 Å². The van der Waals surface area contributed by atoms with E-state index in [1.54, 1.807) is 4.90 Å². The van der Waals surface area contributed by atoms with Crippen molar-refractivity contribution < 1.29 is 52.1 Å². The molecule has 2 heterocycles. The van der Waals surface area contributed by atoms with E-state index in [9.17, 15) is 24.1 Å². The zero-order valence-corrected chi connectivity index (χ0v) is 40.1. The molecule has 19 heteroatoms. The summed E-state index contributed by atoms with van der Waals surface area (Å²) in [5.74, 6) is -0.161. The molecule has 1 aromatic heterocycles. The van der Waals surface area contributed by atoms with Crippen LogP contribution in [0.4, 0.5) is 5.69 Å². The lowest BCUT2D eigenvalue weighted by molar-refractivity contribution is -0.125. The Morgan fingerprint density at radius 2 is 1.32 bits per heavy atom. The molecule has 1 aliphatic rings. The first-order valence-electron chi connectivity index (χ1n) is 22.8. The average Bonchev–Trinajstić information content (AvgIpc) is 3.71. The molecule has 0 aliphatic carbocycles. The molecule has 65 heavy (non-hydrogen) atoms. The van der Waals surface area contributed by atoms with Crippen LogP contribution in [0.15, 0.2) is 48.5 Å². The first kappa shape index (κ1) is 53.6. The van der Waals surface area contributed by atoms with E-state index in [0.717, 1.165) is 78.7 Å². The molecule has 3 aromatic rings. The summed E-state index contributed by atoms with van der Waals surface area (Å²) in [5.41, 5.74) is 4.94.